The molecule has 16 heavy (non-hydrogen) atoms. The number of furan rings is 1. The van der Waals surface area contributed by atoms with Gasteiger partial charge in [-0.1, -0.05) is 0 Å². The van der Waals surface area contributed by atoms with Crippen molar-refractivity contribution in [2.45, 2.75) is 13.1 Å². The molecule has 0 bridgehead atoms. The number of rotatable bonds is 3. The standard InChI is InChI=1S/C10H11N3O3/c11-4-7-5-13(10(15)12-9(7)14)6-8-2-1-3-16-8/h1-3,5H,4,6,11H2,(H,12,14,15). The minimum absolute atomic E-state index is 0.0910. The maximum atomic E-state index is 11.5. The molecule has 0 atom stereocenters. The summed E-state index contributed by atoms with van der Waals surface area (Å²) >= 11 is 0. The van der Waals surface area contributed by atoms with E-state index in [1.165, 1.54) is 17.0 Å². The van der Waals surface area contributed by atoms with Gasteiger partial charge >= 0.3 is 5.69 Å². The molecule has 2 rings (SSSR count). The van der Waals surface area contributed by atoms with Gasteiger partial charge in [0.1, 0.15) is 5.76 Å². The Morgan fingerprint density at radius 2 is 2.25 bits per heavy atom. The van der Waals surface area contributed by atoms with Gasteiger partial charge in [-0.05, 0) is 12.1 Å². The number of hydrogen-bond acceptors (Lipinski definition) is 4. The average molecular weight is 221 g/mol. The summed E-state index contributed by atoms with van der Waals surface area (Å²) in [6, 6.07) is 3.48. The summed E-state index contributed by atoms with van der Waals surface area (Å²) in [7, 11) is 0. The number of aromatic nitrogens is 2. The molecule has 3 N–H and O–H groups in total. The van der Waals surface area contributed by atoms with Gasteiger partial charge in [-0.15, -0.1) is 0 Å². The highest BCUT2D eigenvalue weighted by Crippen LogP contribution is 2.01. The maximum Gasteiger partial charge on any atom is 0.328 e. The molecule has 0 fully saturated rings. The molecule has 2 aromatic heterocycles. The smallest absolute Gasteiger partial charge is 0.328 e. The van der Waals surface area contributed by atoms with Crippen LogP contribution >= 0.6 is 0 Å². The van der Waals surface area contributed by atoms with Gasteiger partial charge in [-0.3, -0.25) is 14.3 Å². The van der Waals surface area contributed by atoms with Gasteiger partial charge in [0.2, 0.25) is 0 Å². The number of hydrogen-bond donors (Lipinski definition) is 2. The molecule has 6 nitrogen and oxygen atoms in total. The first-order chi connectivity index (χ1) is 7.70. The van der Waals surface area contributed by atoms with E-state index < -0.39 is 11.2 Å². The zero-order chi connectivity index (χ0) is 11.5. The Morgan fingerprint density at radius 3 is 2.88 bits per heavy atom. The van der Waals surface area contributed by atoms with E-state index in [4.69, 9.17) is 10.2 Å². The van der Waals surface area contributed by atoms with E-state index in [1.807, 2.05) is 0 Å². The van der Waals surface area contributed by atoms with E-state index in [9.17, 15) is 9.59 Å². The molecule has 2 heterocycles. The molecule has 0 spiro atoms. The van der Waals surface area contributed by atoms with E-state index in [0.717, 1.165) is 0 Å². The molecule has 0 amide bonds. The summed E-state index contributed by atoms with van der Waals surface area (Å²) in [4.78, 5) is 24.9. The largest absolute Gasteiger partial charge is 0.467 e. The monoisotopic (exact) mass is 221 g/mol. The third-order valence-electron chi connectivity index (χ3n) is 2.21. The van der Waals surface area contributed by atoms with Gasteiger partial charge in [-0.2, -0.15) is 0 Å². The fourth-order valence-corrected chi connectivity index (χ4v) is 1.39. The first-order valence-corrected chi connectivity index (χ1v) is 4.76. The molecule has 2 aromatic rings. The molecule has 84 valence electrons. The summed E-state index contributed by atoms with van der Waals surface area (Å²) in [5.74, 6) is 0.636. The first kappa shape index (κ1) is 10.4. The van der Waals surface area contributed by atoms with Crippen LogP contribution in [0.5, 0.6) is 0 Å². The predicted molar refractivity (Wildman–Crippen MR) is 57.0 cm³/mol. The number of nitrogens with zero attached hydrogens (tertiary/aromatic N) is 1. The normalized spacial score (nSPS) is 10.6. The second-order valence-corrected chi connectivity index (χ2v) is 3.33. The Kier molecular flexibility index (Phi) is 2.74. The molecule has 0 unspecified atom stereocenters. The van der Waals surface area contributed by atoms with Crippen molar-refractivity contribution < 1.29 is 4.42 Å². The lowest BCUT2D eigenvalue weighted by Gasteiger charge is -2.04. The Labute approximate surface area is 90.3 Å². The topological polar surface area (TPSA) is 94.0 Å². The highest BCUT2D eigenvalue weighted by atomic mass is 16.3. The van der Waals surface area contributed by atoms with Crippen molar-refractivity contribution in [2.75, 3.05) is 0 Å². The molecule has 6 heteroatoms. The quantitative estimate of drug-likeness (QED) is 0.739. The fourth-order valence-electron chi connectivity index (χ4n) is 1.39. The third-order valence-corrected chi connectivity index (χ3v) is 2.21. The zero-order valence-corrected chi connectivity index (χ0v) is 8.47. The van der Waals surface area contributed by atoms with Crippen molar-refractivity contribution in [3.8, 4) is 0 Å². The van der Waals surface area contributed by atoms with E-state index in [2.05, 4.69) is 4.98 Å². The fraction of sp³-hybridized carbons (Fsp3) is 0.200. The van der Waals surface area contributed by atoms with Gasteiger partial charge in [0.25, 0.3) is 5.56 Å². The highest BCUT2D eigenvalue weighted by molar-refractivity contribution is 5.06. The molecular weight excluding hydrogens is 210 g/mol. The second kappa shape index (κ2) is 4.19. The summed E-state index contributed by atoms with van der Waals surface area (Å²) < 4.78 is 6.46. The van der Waals surface area contributed by atoms with Crippen LogP contribution in [-0.4, -0.2) is 9.55 Å². The SMILES string of the molecule is NCc1cn(Cc2ccco2)c(=O)[nH]c1=O. The van der Waals surface area contributed by atoms with Crippen LogP contribution in [-0.2, 0) is 13.1 Å². The minimum Gasteiger partial charge on any atom is -0.467 e. The molecule has 0 aliphatic rings. The van der Waals surface area contributed by atoms with Crippen molar-refractivity contribution in [2.24, 2.45) is 5.73 Å². The van der Waals surface area contributed by atoms with E-state index >= 15 is 0 Å². The molecule has 0 radical (unpaired) electrons. The average Bonchev–Trinajstić information content (AvgIpc) is 2.75. The van der Waals surface area contributed by atoms with Crippen molar-refractivity contribution in [1.29, 1.82) is 0 Å². The van der Waals surface area contributed by atoms with Gasteiger partial charge in [0, 0.05) is 18.3 Å². The molecule has 0 aromatic carbocycles. The first-order valence-electron chi connectivity index (χ1n) is 4.76. The Bertz CT molecular complexity index is 580. The van der Waals surface area contributed by atoms with Gasteiger partial charge < -0.3 is 10.2 Å². The molecule has 0 aliphatic carbocycles. The van der Waals surface area contributed by atoms with Crippen LogP contribution in [0.1, 0.15) is 11.3 Å². The van der Waals surface area contributed by atoms with Crippen LogP contribution in [0, 0.1) is 0 Å². The van der Waals surface area contributed by atoms with Crippen molar-refractivity contribution >= 4 is 0 Å². The zero-order valence-electron chi connectivity index (χ0n) is 8.47. The number of nitrogens with one attached hydrogen (secondary N) is 1. The minimum atomic E-state index is -0.474. The second-order valence-electron chi connectivity index (χ2n) is 3.33. The van der Waals surface area contributed by atoms with Crippen LogP contribution in [0.3, 0.4) is 0 Å². The summed E-state index contributed by atoms with van der Waals surface area (Å²) in [6.45, 7) is 0.364. The maximum absolute atomic E-state index is 11.5. The molecule has 0 aliphatic heterocycles. The lowest BCUT2D eigenvalue weighted by atomic mass is 10.3. The Morgan fingerprint density at radius 1 is 1.44 bits per heavy atom. The van der Waals surface area contributed by atoms with Gasteiger partial charge in [-0.25, -0.2) is 4.79 Å². The van der Waals surface area contributed by atoms with Crippen LogP contribution in [0.4, 0.5) is 0 Å². The van der Waals surface area contributed by atoms with Crippen LogP contribution in [0.2, 0.25) is 0 Å². The van der Waals surface area contributed by atoms with Crippen molar-refractivity contribution in [1.82, 2.24) is 9.55 Å². The lowest BCUT2D eigenvalue weighted by Crippen LogP contribution is -2.32. The van der Waals surface area contributed by atoms with Crippen LogP contribution in [0.15, 0.2) is 38.6 Å². The summed E-state index contributed by atoms with van der Waals surface area (Å²) in [5, 5.41) is 0. The summed E-state index contributed by atoms with van der Waals surface area (Å²) in [5.41, 5.74) is 4.84. The Balaban J connectivity index is 2.41. The molecule has 0 saturated carbocycles. The summed E-state index contributed by atoms with van der Waals surface area (Å²) in [6.07, 6.45) is 2.97. The van der Waals surface area contributed by atoms with Crippen molar-refractivity contribution in [3.05, 3.63) is 56.8 Å². The van der Waals surface area contributed by atoms with E-state index in [0.29, 0.717) is 11.3 Å². The van der Waals surface area contributed by atoms with Gasteiger partial charge in [0.15, 0.2) is 0 Å². The molecule has 0 saturated heterocycles. The number of nitrogens with two attached hydrogens (primary N) is 1. The predicted octanol–water partition coefficient (Wildman–Crippen LogP) is -0.363. The third kappa shape index (κ3) is 1.96. The molecular formula is C10H11N3O3. The van der Waals surface area contributed by atoms with Crippen molar-refractivity contribution in [3.63, 3.8) is 0 Å². The lowest BCUT2D eigenvalue weighted by molar-refractivity contribution is 0.486. The van der Waals surface area contributed by atoms with Crippen LogP contribution in [0.25, 0.3) is 0 Å². The van der Waals surface area contributed by atoms with E-state index in [-0.39, 0.29) is 13.1 Å². The van der Waals surface area contributed by atoms with Crippen LogP contribution < -0.4 is 17.0 Å². The van der Waals surface area contributed by atoms with E-state index in [1.54, 1.807) is 12.1 Å². The number of aromatic amines is 1. The number of H-pyrrole nitrogens is 1. The Hall–Kier alpha value is -2.08. The van der Waals surface area contributed by atoms with Gasteiger partial charge in [0.05, 0.1) is 12.8 Å². The highest BCUT2D eigenvalue weighted by Gasteiger charge is 2.04.